The molecule has 0 amide bonds. The standard InChI is InChI=1S/C13H12ClN3O2/c1-8(7-15)5-12-16-13(17-19-12)10-4-3-9(14)6-11(10)18-2/h3-4,6,8H,5H2,1-2H3. The predicted octanol–water partition coefficient (Wildman–Crippen LogP) is 3.10. The first kappa shape index (κ1) is 13.4. The van der Waals surface area contributed by atoms with Crippen molar-refractivity contribution in [2.75, 3.05) is 7.11 Å². The SMILES string of the molecule is COc1cc(Cl)ccc1-c1noc(CC(C)C#N)n1. The van der Waals surface area contributed by atoms with Crippen molar-refractivity contribution >= 4 is 11.6 Å². The van der Waals surface area contributed by atoms with Crippen LogP contribution in [0.25, 0.3) is 11.4 Å². The lowest BCUT2D eigenvalue weighted by Crippen LogP contribution is -1.96. The smallest absolute Gasteiger partial charge is 0.228 e. The minimum Gasteiger partial charge on any atom is -0.496 e. The largest absolute Gasteiger partial charge is 0.496 e. The third-order valence-corrected chi connectivity index (χ3v) is 2.81. The van der Waals surface area contributed by atoms with Crippen LogP contribution in [0, 0.1) is 17.2 Å². The molecule has 0 N–H and O–H groups in total. The molecule has 0 saturated heterocycles. The second-order valence-electron chi connectivity index (χ2n) is 4.09. The molecular formula is C13H12ClN3O2. The van der Waals surface area contributed by atoms with Crippen molar-refractivity contribution < 1.29 is 9.26 Å². The Kier molecular flexibility index (Phi) is 4.03. The Bertz CT molecular complexity index is 619. The van der Waals surface area contributed by atoms with Crippen LogP contribution >= 0.6 is 11.6 Å². The highest BCUT2D eigenvalue weighted by Crippen LogP contribution is 2.30. The molecule has 6 heteroatoms. The molecule has 0 bridgehead atoms. The molecule has 0 aliphatic carbocycles. The molecule has 5 nitrogen and oxygen atoms in total. The molecule has 0 aliphatic heterocycles. The third kappa shape index (κ3) is 3.04. The second kappa shape index (κ2) is 5.72. The van der Waals surface area contributed by atoms with Gasteiger partial charge in [0.25, 0.3) is 0 Å². The van der Waals surface area contributed by atoms with Gasteiger partial charge >= 0.3 is 0 Å². The monoisotopic (exact) mass is 277 g/mol. The number of nitriles is 1. The van der Waals surface area contributed by atoms with Crippen molar-refractivity contribution in [3.05, 3.63) is 29.1 Å². The second-order valence-corrected chi connectivity index (χ2v) is 4.53. The van der Waals surface area contributed by atoms with Gasteiger partial charge in [-0.25, -0.2) is 0 Å². The van der Waals surface area contributed by atoms with Crippen molar-refractivity contribution in [1.29, 1.82) is 5.26 Å². The van der Waals surface area contributed by atoms with E-state index in [9.17, 15) is 0 Å². The normalized spacial score (nSPS) is 11.9. The maximum Gasteiger partial charge on any atom is 0.228 e. The van der Waals surface area contributed by atoms with Crippen LogP contribution in [-0.2, 0) is 6.42 Å². The molecule has 0 aliphatic rings. The fraction of sp³-hybridized carbons (Fsp3) is 0.308. The van der Waals surface area contributed by atoms with Crippen LogP contribution in [0.3, 0.4) is 0 Å². The first-order chi connectivity index (χ1) is 9.13. The van der Waals surface area contributed by atoms with E-state index in [4.69, 9.17) is 26.1 Å². The van der Waals surface area contributed by atoms with Gasteiger partial charge in [-0.3, -0.25) is 0 Å². The molecule has 98 valence electrons. The van der Waals surface area contributed by atoms with Crippen LogP contribution in [0.4, 0.5) is 0 Å². The highest BCUT2D eigenvalue weighted by molar-refractivity contribution is 6.30. The maximum absolute atomic E-state index is 8.76. The van der Waals surface area contributed by atoms with Crippen LogP contribution < -0.4 is 4.74 Å². The minimum atomic E-state index is -0.166. The third-order valence-electron chi connectivity index (χ3n) is 2.57. The molecular weight excluding hydrogens is 266 g/mol. The first-order valence-corrected chi connectivity index (χ1v) is 6.08. The van der Waals surface area contributed by atoms with Crippen LogP contribution in [0.2, 0.25) is 5.02 Å². The number of benzene rings is 1. The van der Waals surface area contributed by atoms with Gasteiger partial charge in [-0.1, -0.05) is 16.8 Å². The molecule has 2 rings (SSSR count). The summed E-state index contributed by atoms with van der Waals surface area (Å²) in [6, 6.07) is 7.30. The highest BCUT2D eigenvalue weighted by Gasteiger charge is 2.15. The Morgan fingerprint density at radius 3 is 3.00 bits per heavy atom. The van der Waals surface area contributed by atoms with Gasteiger partial charge in [-0.2, -0.15) is 10.2 Å². The van der Waals surface area contributed by atoms with Gasteiger partial charge in [-0.05, 0) is 25.1 Å². The fourth-order valence-electron chi connectivity index (χ4n) is 1.60. The summed E-state index contributed by atoms with van der Waals surface area (Å²) >= 11 is 5.90. The first-order valence-electron chi connectivity index (χ1n) is 5.70. The van der Waals surface area contributed by atoms with E-state index in [1.807, 2.05) is 0 Å². The van der Waals surface area contributed by atoms with Crippen LogP contribution in [0.1, 0.15) is 12.8 Å². The summed E-state index contributed by atoms with van der Waals surface area (Å²) in [7, 11) is 1.55. The summed E-state index contributed by atoms with van der Waals surface area (Å²) in [5, 5.41) is 13.2. The quantitative estimate of drug-likeness (QED) is 0.858. The predicted molar refractivity (Wildman–Crippen MR) is 69.8 cm³/mol. The fourth-order valence-corrected chi connectivity index (χ4v) is 1.77. The lowest BCUT2D eigenvalue weighted by molar-refractivity contribution is 0.369. The average molecular weight is 278 g/mol. The molecule has 1 heterocycles. The number of rotatable bonds is 4. The Morgan fingerprint density at radius 1 is 1.53 bits per heavy atom. The van der Waals surface area contributed by atoms with Crippen molar-refractivity contribution in [1.82, 2.24) is 10.1 Å². The number of nitrogens with zero attached hydrogens (tertiary/aromatic N) is 3. The van der Waals surface area contributed by atoms with Gasteiger partial charge < -0.3 is 9.26 Å². The summed E-state index contributed by atoms with van der Waals surface area (Å²) in [5.41, 5.74) is 0.700. The van der Waals surface area contributed by atoms with E-state index in [2.05, 4.69) is 16.2 Å². The molecule has 0 spiro atoms. The summed E-state index contributed by atoms with van der Waals surface area (Å²) < 4.78 is 10.4. The molecule has 1 aromatic heterocycles. The zero-order valence-corrected chi connectivity index (χ0v) is 11.3. The zero-order valence-electron chi connectivity index (χ0n) is 10.6. The average Bonchev–Trinajstić information content (AvgIpc) is 2.86. The number of hydrogen-bond donors (Lipinski definition) is 0. The van der Waals surface area contributed by atoms with Gasteiger partial charge in [0.15, 0.2) is 0 Å². The highest BCUT2D eigenvalue weighted by atomic mass is 35.5. The topological polar surface area (TPSA) is 71.9 Å². The van der Waals surface area contributed by atoms with Gasteiger partial charge in [0.1, 0.15) is 5.75 Å². The summed E-state index contributed by atoms with van der Waals surface area (Å²) in [6.45, 7) is 1.80. The molecule has 0 saturated carbocycles. The van der Waals surface area contributed by atoms with Crippen molar-refractivity contribution in [3.63, 3.8) is 0 Å². The zero-order chi connectivity index (χ0) is 13.8. The Hall–Kier alpha value is -2.06. The molecule has 1 aromatic carbocycles. The van der Waals surface area contributed by atoms with E-state index in [0.717, 1.165) is 0 Å². The number of methoxy groups -OCH3 is 1. The van der Waals surface area contributed by atoms with E-state index >= 15 is 0 Å². The molecule has 0 fully saturated rings. The van der Waals surface area contributed by atoms with Crippen molar-refractivity contribution in [2.24, 2.45) is 5.92 Å². The Labute approximate surface area is 115 Å². The van der Waals surface area contributed by atoms with Crippen molar-refractivity contribution in [3.8, 4) is 23.2 Å². The number of aromatic nitrogens is 2. The van der Waals surface area contributed by atoms with Crippen LogP contribution in [-0.4, -0.2) is 17.3 Å². The Balaban J connectivity index is 2.30. The molecule has 0 radical (unpaired) electrons. The maximum atomic E-state index is 8.76. The van der Waals surface area contributed by atoms with E-state index in [-0.39, 0.29) is 5.92 Å². The summed E-state index contributed by atoms with van der Waals surface area (Å²) in [5.74, 6) is 1.27. The molecule has 19 heavy (non-hydrogen) atoms. The molecule has 2 aromatic rings. The summed E-state index contributed by atoms with van der Waals surface area (Å²) in [4.78, 5) is 4.25. The minimum absolute atomic E-state index is 0.166. The van der Waals surface area contributed by atoms with Gasteiger partial charge in [0.05, 0.1) is 24.7 Å². The van der Waals surface area contributed by atoms with E-state index < -0.39 is 0 Å². The van der Waals surface area contributed by atoms with E-state index in [1.165, 1.54) is 0 Å². The number of halogens is 1. The molecule has 1 atom stereocenters. The van der Waals surface area contributed by atoms with Gasteiger partial charge in [-0.15, -0.1) is 0 Å². The number of hydrogen-bond acceptors (Lipinski definition) is 5. The van der Waals surface area contributed by atoms with Crippen molar-refractivity contribution in [2.45, 2.75) is 13.3 Å². The van der Waals surface area contributed by atoms with E-state index in [1.54, 1.807) is 32.2 Å². The lowest BCUT2D eigenvalue weighted by atomic mass is 10.1. The summed E-state index contributed by atoms with van der Waals surface area (Å²) in [6.07, 6.45) is 0.430. The van der Waals surface area contributed by atoms with Crippen LogP contribution in [0.15, 0.2) is 22.7 Å². The van der Waals surface area contributed by atoms with Gasteiger partial charge in [0, 0.05) is 11.4 Å². The molecule has 1 unspecified atom stereocenters. The lowest BCUT2D eigenvalue weighted by Gasteiger charge is -2.04. The van der Waals surface area contributed by atoms with Gasteiger partial charge in [0.2, 0.25) is 11.7 Å². The number of ether oxygens (including phenoxy) is 1. The van der Waals surface area contributed by atoms with E-state index in [0.29, 0.717) is 34.5 Å². The van der Waals surface area contributed by atoms with Crippen LogP contribution in [0.5, 0.6) is 5.75 Å². The Morgan fingerprint density at radius 2 is 2.32 bits per heavy atom.